The number of halogens is 3. The van der Waals surface area contributed by atoms with Crippen LogP contribution in [0.1, 0.15) is 22.3 Å². The highest BCUT2D eigenvalue weighted by Crippen LogP contribution is 2.38. The molecule has 2 N–H and O–H groups in total. The van der Waals surface area contributed by atoms with Crippen LogP contribution in [-0.2, 0) is 11.2 Å². The molecule has 33 heavy (non-hydrogen) atoms. The van der Waals surface area contributed by atoms with Crippen molar-refractivity contribution in [2.45, 2.75) is 25.2 Å². The van der Waals surface area contributed by atoms with E-state index in [1.54, 1.807) is 0 Å². The molecule has 2 fully saturated rings. The Bertz CT molecular complexity index is 999. The van der Waals surface area contributed by atoms with Crippen LogP contribution >= 0.6 is 0 Å². The molecule has 0 spiro atoms. The van der Waals surface area contributed by atoms with Crippen molar-refractivity contribution in [1.29, 1.82) is 0 Å². The lowest BCUT2D eigenvalue weighted by Gasteiger charge is -2.27. The van der Waals surface area contributed by atoms with Crippen LogP contribution in [-0.4, -0.2) is 60.2 Å². The summed E-state index contributed by atoms with van der Waals surface area (Å²) in [6, 6.07) is 14.9. The summed E-state index contributed by atoms with van der Waals surface area (Å²) in [7, 11) is 0. The second-order valence-corrected chi connectivity index (χ2v) is 8.61. The van der Waals surface area contributed by atoms with Crippen molar-refractivity contribution in [3.8, 4) is 5.75 Å². The Morgan fingerprint density at radius 3 is 2.39 bits per heavy atom. The molecule has 0 radical (unpaired) electrons. The van der Waals surface area contributed by atoms with Gasteiger partial charge in [-0.2, -0.15) is 0 Å². The molecule has 2 heterocycles. The maximum atomic E-state index is 13.0. The monoisotopic (exact) mass is 461 g/mol. The largest absolute Gasteiger partial charge is 0.573 e. The van der Waals surface area contributed by atoms with E-state index in [-0.39, 0.29) is 23.9 Å². The minimum atomic E-state index is -4.89. The third kappa shape index (κ3) is 5.30. The van der Waals surface area contributed by atoms with E-state index in [1.807, 2.05) is 18.2 Å². The third-order valence-corrected chi connectivity index (χ3v) is 6.44. The maximum Gasteiger partial charge on any atom is 0.573 e. The first-order valence-corrected chi connectivity index (χ1v) is 10.9. The number of hydrogen-bond acceptors (Lipinski definition) is 4. The van der Waals surface area contributed by atoms with Crippen molar-refractivity contribution >= 4 is 11.8 Å². The standard InChI is InChI=1S/C24H26F3N3O3/c25-24(26,27)33-20-11-5-4-10-18(20)23(32)30-14-17-13-29(21(22(28)31)19(17)15-30)12-6-9-16-7-2-1-3-8-16/h1-5,7-8,10-11,17,19,21H,6,9,12-15H2,(H2,28,31)/t17?,19-,21?/m1/s1. The number of carbonyl (C=O) groups is 2. The molecule has 0 saturated carbocycles. The Morgan fingerprint density at radius 2 is 1.70 bits per heavy atom. The lowest BCUT2D eigenvalue weighted by atomic mass is 9.94. The van der Waals surface area contributed by atoms with Gasteiger partial charge in [0, 0.05) is 25.6 Å². The number of ether oxygens (including phenoxy) is 1. The SMILES string of the molecule is NC(=O)C1[C@@H]2CN(C(=O)c3ccccc3OC(F)(F)F)CC2CN1CCCc1ccccc1. The van der Waals surface area contributed by atoms with Crippen molar-refractivity contribution in [3.05, 3.63) is 65.7 Å². The number of para-hydroxylation sites is 1. The number of aryl methyl sites for hydroxylation is 1. The van der Waals surface area contributed by atoms with Gasteiger partial charge in [0.1, 0.15) is 5.75 Å². The van der Waals surface area contributed by atoms with E-state index in [0.717, 1.165) is 18.9 Å². The summed E-state index contributed by atoms with van der Waals surface area (Å²) in [4.78, 5) is 28.9. The van der Waals surface area contributed by atoms with Gasteiger partial charge >= 0.3 is 6.36 Å². The van der Waals surface area contributed by atoms with Crippen LogP contribution in [0, 0.1) is 11.8 Å². The smallest absolute Gasteiger partial charge is 0.405 e. The molecule has 2 unspecified atom stereocenters. The molecule has 3 atom stereocenters. The molecule has 0 aliphatic carbocycles. The van der Waals surface area contributed by atoms with Gasteiger partial charge in [-0.05, 0) is 43.0 Å². The molecule has 6 nitrogen and oxygen atoms in total. The number of amides is 2. The number of rotatable bonds is 7. The van der Waals surface area contributed by atoms with Crippen LogP contribution < -0.4 is 10.5 Å². The quantitative estimate of drug-likeness (QED) is 0.688. The highest BCUT2D eigenvalue weighted by Gasteiger charge is 2.50. The first-order chi connectivity index (χ1) is 15.7. The number of nitrogens with zero attached hydrogens (tertiary/aromatic N) is 2. The van der Waals surface area contributed by atoms with Gasteiger partial charge in [-0.1, -0.05) is 42.5 Å². The minimum absolute atomic E-state index is 0.0406. The summed E-state index contributed by atoms with van der Waals surface area (Å²) in [5.41, 5.74) is 6.80. The molecular formula is C24H26F3N3O3. The van der Waals surface area contributed by atoms with Crippen LogP contribution in [0.5, 0.6) is 5.75 Å². The average molecular weight is 461 g/mol. The summed E-state index contributed by atoms with van der Waals surface area (Å²) >= 11 is 0. The van der Waals surface area contributed by atoms with Gasteiger partial charge in [0.2, 0.25) is 5.91 Å². The Kier molecular flexibility index (Phi) is 6.60. The number of fused-ring (bicyclic) bond motifs is 1. The van der Waals surface area contributed by atoms with Gasteiger partial charge in [0.25, 0.3) is 5.91 Å². The number of hydrogen-bond donors (Lipinski definition) is 1. The van der Waals surface area contributed by atoms with E-state index in [1.165, 1.54) is 28.7 Å². The van der Waals surface area contributed by atoms with Gasteiger partial charge in [-0.25, -0.2) is 0 Å². The van der Waals surface area contributed by atoms with Crippen molar-refractivity contribution in [3.63, 3.8) is 0 Å². The van der Waals surface area contributed by atoms with Crippen LogP contribution in [0.25, 0.3) is 0 Å². The lowest BCUT2D eigenvalue weighted by Crippen LogP contribution is -2.46. The summed E-state index contributed by atoms with van der Waals surface area (Å²) in [6.07, 6.45) is -3.13. The van der Waals surface area contributed by atoms with Gasteiger partial charge in [-0.15, -0.1) is 13.2 Å². The molecule has 4 rings (SSSR count). The molecule has 0 aromatic heterocycles. The Labute approximate surface area is 190 Å². The first-order valence-electron chi connectivity index (χ1n) is 10.9. The molecule has 0 bridgehead atoms. The third-order valence-electron chi connectivity index (χ3n) is 6.44. The second kappa shape index (κ2) is 9.43. The topological polar surface area (TPSA) is 75.9 Å². The van der Waals surface area contributed by atoms with Gasteiger partial charge in [0.15, 0.2) is 0 Å². The molecule has 2 saturated heterocycles. The van der Waals surface area contributed by atoms with Crippen LogP contribution in [0.15, 0.2) is 54.6 Å². The molecule has 2 amide bonds. The first kappa shape index (κ1) is 23.1. The fourth-order valence-corrected chi connectivity index (χ4v) is 5.08. The zero-order valence-electron chi connectivity index (χ0n) is 18.0. The molecule has 2 aliphatic rings. The minimum Gasteiger partial charge on any atom is -0.405 e. The van der Waals surface area contributed by atoms with Crippen molar-refractivity contribution in [2.24, 2.45) is 17.6 Å². The van der Waals surface area contributed by atoms with E-state index >= 15 is 0 Å². The van der Waals surface area contributed by atoms with Crippen molar-refractivity contribution in [1.82, 2.24) is 9.80 Å². The van der Waals surface area contributed by atoms with E-state index < -0.39 is 30.0 Å². The second-order valence-electron chi connectivity index (χ2n) is 8.61. The van der Waals surface area contributed by atoms with Crippen LogP contribution in [0.4, 0.5) is 13.2 Å². The normalized spacial score (nSPS) is 22.9. The Hall–Kier alpha value is -3.07. The molecule has 2 aliphatic heterocycles. The van der Waals surface area contributed by atoms with E-state index in [9.17, 15) is 22.8 Å². The maximum absolute atomic E-state index is 13.0. The molecule has 176 valence electrons. The number of nitrogens with two attached hydrogens (primary N) is 1. The zero-order valence-corrected chi connectivity index (χ0v) is 18.0. The number of likely N-dealkylation sites (tertiary alicyclic amines) is 2. The van der Waals surface area contributed by atoms with E-state index in [2.05, 4.69) is 21.8 Å². The van der Waals surface area contributed by atoms with Crippen LogP contribution in [0.3, 0.4) is 0 Å². The fraction of sp³-hybridized carbons (Fsp3) is 0.417. The highest BCUT2D eigenvalue weighted by atomic mass is 19.4. The zero-order chi connectivity index (χ0) is 23.6. The van der Waals surface area contributed by atoms with Crippen molar-refractivity contribution in [2.75, 3.05) is 26.2 Å². The predicted octanol–water partition coefficient (Wildman–Crippen LogP) is 3.08. The summed E-state index contributed by atoms with van der Waals surface area (Å²) in [5, 5.41) is 0. The predicted molar refractivity (Wildman–Crippen MR) is 115 cm³/mol. The highest BCUT2D eigenvalue weighted by molar-refractivity contribution is 5.97. The molecule has 2 aromatic carbocycles. The van der Waals surface area contributed by atoms with Gasteiger partial charge < -0.3 is 15.4 Å². The van der Waals surface area contributed by atoms with E-state index in [0.29, 0.717) is 19.6 Å². The molecule has 2 aromatic rings. The Balaban J connectivity index is 1.41. The van der Waals surface area contributed by atoms with Crippen LogP contribution in [0.2, 0.25) is 0 Å². The summed E-state index contributed by atoms with van der Waals surface area (Å²) in [5.74, 6) is -1.60. The summed E-state index contributed by atoms with van der Waals surface area (Å²) in [6.45, 7) is 1.97. The Morgan fingerprint density at radius 1 is 1.00 bits per heavy atom. The average Bonchev–Trinajstić information content (AvgIpc) is 3.31. The van der Waals surface area contributed by atoms with Gasteiger partial charge in [-0.3, -0.25) is 14.5 Å². The van der Waals surface area contributed by atoms with Crippen molar-refractivity contribution < 1.29 is 27.5 Å². The molecule has 9 heteroatoms. The van der Waals surface area contributed by atoms with Gasteiger partial charge in [0.05, 0.1) is 11.6 Å². The number of primary amides is 1. The lowest BCUT2D eigenvalue weighted by molar-refractivity contribution is -0.274. The van der Waals surface area contributed by atoms with E-state index in [4.69, 9.17) is 5.73 Å². The summed E-state index contributed by atoms with van der Waals surface area (Å²) < 4.78 is 42.3. The number of benzene rings is 2. The number of alkyl halides is 3. The fourth-order valence-electron chi connectivity index (χ4n) is 5.08. The molecular weight excluding hydrogens is 435 g/mol. The number of carbonyl (C=O) groups excluding carboxylic acids is 2.